The van der Waals surface area contributed by atoms with Crippen LogP contribution in [0.25, 0.3) is 0 Å². The van der Waals surface area contributed by atoms with E-state index in [1.165, 1.54) is 12.1 Å². The number of aryl methyl sites for hydroxylation is 1. The molecule has 0 amide bonds. The van der Waals surface area contributed by atoms with Crippen molar-refractivity contribution in [2.45, 2.75) is 18.2 Å². The first-order chi connectivity index (χ1) is 14.4. The Labute approximate surface area is 175 Å². The van der Waals surface area contributed by atoms with Crippen molar-refractivity contribution in [2.24, 2.45) is 0 Å². The molecule has 0 fully saturated rings. The Kier molecular flexibility index (Phi) is 6.57. The highest BCUT2D eigenvalue weighted by Gasteiger charge is 2.19. The number of benzene rings is 3. The molecule has 0 saturated carbocycles. The normalized spacial score (nSPS) is 10.8. The molecule has 154 valence electrons. The molecule has 0 spiro atoms. The first-order valence-electron chi connectivity index (χ1n) is 9.19. The summed E-state index contributed by atoms with van der Waals surface area (Å²) in [5.41, 5.74) is 5.40. The van der Waals surface area contributed by atoms with Crippen LogP contribution < -0.4 is 15.2 Å². The van der Waals surface area contributed by atoms with Gasteiger partial charge in [-0.15, -0.1) is 0 Å². The second kappa shape index (κ2) is 9.31. The minimum atomic E-state index is -4.54. The van der Waals surface area contributed by atoms with Gasteiger partial charge in [0.1, 0.15) is 16.4 Å². The fraction of sp³-hybridized carbons (Fsp3) is 0.136. The average Bonchev–Trinajstić information content (AvgIpc) is 2.72. The van der Waals surface area contributed by atoms with Crippen LogP contribution in [0.2, 0.25) is 0 Å². The van der Waals surface area contributed by atoms with E-state index in [4.69, 9.17) is 10.00 Å². The summed E-state index contributed by atoms with van der Waals surface area (Å²) in [5, 5.41) is 10.7. The number of nitrogens with one attached hydrogen (secondary N) is 1. The van der Waals surface area contributed by atoms with Gasteiger partial charge >= 0.3 is 0 Å². The number of hydrazine groups is 1. The van der Waals surface area contributed by atoms with Crippen molar-refractivity contribution in [1.82, 2.24) is 0 Å². The van der Waals surface area contributed by atoms with E-state index in [-0.39, 0.29) is 17.1 Å². The van der Waals surface area contributed by atoms with Gasteiger partial charge in [-0.1, -0.05) is 30.3 Å². The van der Waals surface area contributed by atoms with Crippen molar-refractivity contribution >= 4 is 21.5 Å². The van der Waals surface area contributed by atoms with Crippen LogP contribution in [-0.2, 0) is 10.1 Å². The molecule has 3 aromatic carbocycles. The van der Waals surface area contributed by atoms with Gasteiger partial charge in [-0.2, -0.15) is 13.7 Å². The maximum atomic E-state index is 12.0. The molecule has 0 unspecified atom stereocenters. The lowest BCUT2D eigenvalue weighted by atomic mass is 10.2. The first kappa shape index (κ1) is 21.2. The van der Waals surface area contributed by atoms with E-state index >= 15 is 0 Å². The molecule has 8 heteroatoms. The Morgan fingerprint density at radius 3 is 2.50 bits per heavy atom. The third-order valence-electron chi connectivity index (χ3n) is 4.22. The molecule has 0 bridgehead atoms. The Morgan fingerprint density at radius 2 is 1.83 bits per heavy atom. The topological polar surface area (TPSA) is 103 Å². The first-order valence-corrected chi connectivity index (χ1v) is 10.6. The van der Waals surface area contributed by atoms with E-state index in [9.17, 15) is 13.0 Å². The molecule has 7 nitrogen and oxygen atoms in total. The van der Waals surface area contributed by atoms with E-state index in [1.54, 1.807) is 35.3 Å². The number of nitrogens with zero attached hydrogens (tertiary/aromatic N) is 2. The number of hydrogen-bond acceptors (Lipinski definition) is 6. The lowest BCUT2D eigenvalue weighted by Gasteiger charge is -2.26. The third-order valence-corrected chi connectivity index (χ3v) is 5.09. The molecule has 0 radical (unpaired) electrons. The highest BCUT2D eigenvalue weighted by Crippen LogP contribution is 2.31. The second-order valence-electron chi connectivity index (χ2n) is 6.56. The summed E-state index contributed by atoms with van der Waals surface area (Å²) in [5.74, 6) is 0.451. The quantitative estimate of drug-likeness (QED) is 0.397. The van der Waals surface area contributed by atoms with Gasteiger partial charge in [0.15, 0.2) is 0 Å². The van der Waals surface area contributed by atoms with E-state index in [0.717, 1.165) is 11.3 Å². The summed E-state index contributed by atoms with van der Waals surface area (Å²) in [4.78, 5) is -0.360. The van der Waals surface area contributed by atoms with E-state index in [2.05, 4.69) is 11.5 Å². The van der Waals surface area contributed by atoms with Gasteiger partial charge in [0, 0.05) is 0 Å². The van der Waals surface area contributed by atoms with Crippen LogP contribution in [0.5, 0.6) is 11.5 Å². The number of ether oxygens (including phenoxy) is 1. The molecule has 0 heterocycles. The van der Waals surface area contributed by atoms with Gasteiger partial charge in [0.2, 0.25) is 0 Å². The van der Waals surface area contributed by atoms with Crippen LogP contribution in [-0.4, -0.2) is 19.5 Å². The van der Waals surface area contributed by atoms with Crippen LogP contribution in [0.3, 0.4) is 0 Å². The van der Waals surface area contributed by atoms with Crippen LogP contribution in [0.15, 0.2) is 77.7 Å². The molecule has 0 atom stereocenters. The largest absolute Gasteiger partial charge is 0.456 e. The standard InChI is InChI=1S/C22H21N3O4S/c1-17-7-5-8-19(15-17)25(14-6-13-23)24-18-11-12-21(22(16-18)30(26,27)28)29-20-9-3-2-4-10-20/h2-5,7-12,15-16,24H,6,14H2,1H3,(H,26,27,28). The van der Waals surface area contributed by atoms with Gasteiger partial charge < -0.3 is 4.74 Å². The summed E-state index contributed by atoms with van der Waals surface area (Å²) in [6.07, 6.45) is 0.265. The number of anilines is 2. The molecule has 0 aliphatic rings. The van der Waals surface area contributed by atoms with Gasteiger partial charge in [0.05, 0.1) is 30.4 Å². The van der Waals surface area contributed by atoms with Crippen LogP contribution in [0.1, 0.15) is 12.0 Å². The Hall–Kier alpha value is -3.54. The molecule has 3 rings (SSSR count). The summed E-state index contributed by atoms with van der Waals surface area (Å²) in [6, 6.07) is 22.9. The zero-order valence-corrected chi connectivity index (χ0v) is 17.1. The van der Waals surface area contributed by atoms with Crippen molar-refractivity contribution in [2.75, 3.05) is 17.0 Å². The number of nitriles is 1. The lowest BCUT2D eigenvalue weighted by Crippen LogP contribution is -2.30. The summed E-state index contributed by atoms with van der Waals surface area (Å²) >= 11 is 0. The maximum Gasteiger partial charge on any atom is 0.298 e. The Balaban J connectivity index is 1.93. The molecule has 0 aliphatic heterocycles. The van der Waals surface area contributed by atoms with E-state index in [1.807, 2.05) is 37.3 Å². The highest BCUT2D eigenvalue weighted by molar-refractivity contribution is 7.86. The fourth-order valence-electron chi connectivity index (χ4n) is 2.84. The minimum absolute atomic E-state index is 0.00776. The average molecular weight is 423 g/mol. The summed E-state index contributed by atoms with van der Waals surface area (Å²) in [7, 11) is -4.54. The monoisotopic (exact) mass is 423 g/mol. The van der Waals surface area contributed by atoms with E-state index < -0.39 is 10.1 Å². The Morgan fingerprint density at radius 1 is 1.07 bits per heavy atom. The van der Waals surface area contributed by atoms with Gasteiger partial charge in [-0.05, 0) is 55.0 Å². The molecule has 2 N–H and O–H groups in total. The van der Waals surface area contributed by atoms with Crippen molar-refractivity contribution in [3.05, 3.63) is 78.4 Å². The van der Waals surface area contributed by atoms with Gasteiger partial charge in [-0.25, -0.2) is 0 Å². The molecule has 30 heavy (non-hydrogen) atoms. The smallest absolute Gasteiger partial charge is 0.298 e. The van der Waals surface area contributed by atoms with Gasteiger partial charge in [0.25, 0.3) is 10.1 Å². The number of hydrogen-bond donors (Lipinski definition) is 2. The van der Waals surface area contributed by atoms with Crippen molar-refractivity contribution < 1.29 is 17.7 Å². The second-order valence-corrected chi connectivity index (χ2v) is 7.95. The predicted octanol–water partition coefficient (Wildman–Crippen LogP) is 4.78. The van der Waals surface area contributed by atoms with Crippen LogP contribution in [0, 0.1) is 18.3 Å². The predicted molar refractivity (Wildman–Crippen MR) is 115 cm³/mol. The van der Waals surface area contributed by atoms with Crippen molar-refractivity contribution in [3.63, 3.8) is 0 Å². The third kappa shape index (κ3) is 5.50. The van der Waals surface area contributed by atoms with Crippen molar-refractivity contribution in [3.8, 4) is 17.6 Å². The zero-order chi connectivity index (χ0) is 21.6. The molecular weight excluding hydrogens is 402 g/mol. The number of rotatable bonds is 8. The molecule has 0 aromatic heterocycles. The zero-order valence-electron chi connectivity index (χ0n) is 16.3. The highest BCUT2D eigenvalue weighted by atomic mass is 32.2. The lowest BCUT2D eigenvalue weighted by molar-refractivity contribution is 0.450. The molecule has 0 aliphatic carbocycles. The van der Waals surface area contributed by atoms with Crippen LogP contribution >= 0.6 is 0 Å². The Bertz CT molecular complexity index is 1160. The van der Waals surface area contributed by atoms with Crippen molar-refractivity contribution in [1.29, 1.82) is 5.26 Å². The van der Waals surface area contributed by atoms with E-state index in [0.29, 0.717) is 18.0 Å². The maximum absolute atomic E-state index is 12.0. The van der Waals surface area contributed by atoms with Crippen LogP contribution in [0.4, 0.5) is 11.4 Å². The molecular formula is C22H21N3O4S. The fourth-order valence-corrected chi connectivity index (χ4v) is 3.48. The molecule has 0 saturated heterocycles. The SMILES string of the molecule is Cc1cccc(N(CCC#N)Nc2ccc(Oc3ccccc3)c(S(=O)(=O)O)c2)c1. The molecule has 3 aromatic rings. The summed E-state index contributed by atoms with van der Waals surface area (Å²) < 4.78 is 39.3. The number of para-hydroxylation sites is 1. The minimum Gasteiger partial charge on any atom is -0.456 e. The summed E-state index contributed by atoms with van der Waals surface area (Å²) in [6.45, 7) is 2.33. The van der Waals surface area contributed by atoms with Gasteiger partial charge in [-0.3, -0.25) is 15.0 Å².